The molecule has 12 heteroatoms. The number of aromatic nitrogens is 6. The third-order valence-corrected chi connectivity index (χ3v) is 6.44. The highest BCUT2D eigenvalue weighted by molar-refractivity contribution is 7.15. The number of thiazole rings is 1. The summed E-state index contributed by atoms with van der Waals surface area (Å²) in [4.78, 5) is 21.8. The molecule has 0 bridgehead atoms. The maximum Gasteiger partial charge on any atom is 0.281 e. The zero-order chi connectivity index (χ0) is 23.1. The van der Waals surface area contributed by atoms with Gasteiger partial charge in [0, 0.05) is 29.4 Å². The molecular weight excluding hydrogens is 455 g/mol. The Hall–Kier alpha value is -3.54. The lowest BCUT2D eigenvalue weighted by atomic mass is 10.1. The van der Waals surface area contributed by atoms with Crippen LogP contribution in [0, 0.1) is 12.7 Å². The highest BCUT2D eigenvalue weighted by atomic mass is 32.1. The first-order valence-electron chi connectivity index (χ1n) is 10.2. The molecule has 5 rings (SSSR count). The van der Waals surface area contributed by atoms with Gasteiger partial charge >= 0.3 is 0 Å². The Balaban J connectivity index is 1.32. The van der Waals surface area contributed by atoms with Crippen molar-refractivity contribution < 1.29 is 18.0 Å². The fourth-order valence-corrected chi connectivity index (χ4v) is 4.72. The fraction of sp³-hybridized carbons (Fsp3) is 0.286. The summed E-state index contributed by atoms with van der Waals surface area (Å²) in [6.45, 7) is 2.11. The number of aryl methyl sites for hydroxylation is 2. The number of halogens is 3. The van der Waals surface area contributed by atoms with Crippen LogP contribution in [-0.4, -0.2) is 41.9 Å². The first-order chi connectivity index (χ1) is 15.9. The molecule has 1 aromatic carbocycles. The van der Waals surface area contributed by atoms with Gasteiger partial charge in [-0.25, -0.2) is 27.8 Å². The quantitative estimate of drug-likeness (QED) is 0.458. The standard InChI is InChI=1S/C21H18F3N7OS/c1-10-16(18(23)24)28-21(33-10)14-9-25-29-17(14)20(32)26-13-5-6-31-15(8-13)27-19(30-31)11-3-2-4-12(22)7-11/h2-4,7,9,13,18H,5-6,8H2,1H3,(H,25,29)(H,26,32). The Labute approximate surface area is 189 Å². The molecular formula is C21H18F3N7OS. The van der Waals surface area contributed by atoms with Crippen LogP contribution in [-0.2, 0) is 13.0 Å². The van der Waals surface area contributed by atoms with E-state index < -0.39 is 12.3 Å². The molecule has 4 heterocycles. The van der Waals surface area contributed by atoms with Gasteiger partial charge in [0.05, 0.1) is 11.8 Å². The van der Waals surface area contributed by atoms with Crippen molar-refractivity contribution in [2.24, 2.45) is 0 Å². The highest BCUT2D eigenvalue weighted by Gasteiger charge is 2.27. The molecule has 1 unspecified atom stereocenters. The van der Waals surface area contributed by atoms with Crippen molar-refractivity contribution in [1.82, 2.24) is 35.3 Å². The molecule has 1 atom stereocenters. The van der Waals surface area contributed by atoms with E-state index in [1.165, 1.54) is 18.3 Å². The summed E-state index contributed by atoms with van der Waals surface area (Å²) in [6, 6.07) is 5.86. The van der Waals surface area contributed by atoms with Crippen LogP contribution < -0.4 is 5.32 Å². The first-order valence-corrected chi connectivity index (χ1v) is 11.0. The van der Waals surface area contributed by atoms with Crippen LogP contribution in [0.1, 0.15) is 39.7 Å². The van der Waals surface area contributed by atoms with Crippen molar-refractivity contribution >= 4 is 17.2 Å². The van der Waals surface area contributed by atoms with Crippen LogP contribution in [0.2, 0.25) is 0 Å². The molecule has 3 aromatic heterocycles. The molecule has 2 N–H and O–H groups in total. The van der Waals surface area contributed by atoms with Gasteiger partial charge < -0.3 is 5.32 Å². The van der Waals surface area contributed by atoms with E-state index in [1.54, 1.807) is 23.7 Å². The number of fused-ring (bicyclic) bond motifs is 1. The van der Waals surface area contributed by atoms with E-state index in [9.17, 15) is 18.0 Å². The third-order valence-electron chi connectivity index (χ3n) is 5.42. The monoisotopic (exact) mass is 473 g/mol. The molecule has 0 saturated carbocycles. The Morgan fingerprint density at radius 3 is 2.94 bits per heavy atom. The smallest absolute Gasteiger partial charge is 0.281 e. The van der Waals surface area contributed by atoms with E-state index in [1.807, 2.05) is 0 Å². The summed E-state index contributed by atoms with van der Waals surface area (Å²) in [5, 5.41) is 14.3. The second-order valence-electron chi connectivity index (χ2n) is 7.67. The summed E-state index contributed by atoms with van der Waals surface area (Å²) in [5.74, 6) is 0.350. The maximum absolute atomic E-state index is 13.5. The van der Waals surface area contributed by atoms with Crippen LogP contribution in [0.25, 0.3) is 22.0 Å². The predicted molar refractivity (Wildman–Crippen MR) is 114 cm³/mol. The lowest BCUT2D eigenvalue weighted by Gasteiger charge is -2.23. The van der Waals surface area contributed by atoms with Crippen molar-refractivity contribution in [3.05, 3.63) is 58.4 Å². The lowest BCUT2D eigenvalue weighted by Crippen LogP contribution is -2.40. The van der Waals surface area contributed by atoms with Gasteiger partial charge in [0.15, 0.2) is 5.82 Å². The van der Waals surface area contributed by atoms with Crippen molar-refractivity contribution in [2.75, 3.05) is 0 Å². The minimum absolute atomic E-state index is 0.164. The summed E-state index contributed by atoms with van der Waals surface area (Å²) >= 11 is 1.09. The van der Waals surface area contributed by atoms with Gasteiger partial charge in [0.1, 0.15) is 28.0 Å². The molecule has 0 spiro atoms. The average molecular weight is 473 g/mol. The summed E-state index contributed by atoms with van der Waals surface area (Å²) in [7, 11) is 0. The molecule has 33 heavy (non-hydrogen) atoms. The Morgan fingerprint density at radius 2 is 2.18 bits per heavy atom. The van der Waals surface area contributed by atoms with E-state index in [-0.39, 0.29) is 23.2 Å². The first kappa shape index (κ1) is 21.3. The Morgan fingerprint density at radius 1 is 1.33 bits per heavy atom. The van der Waals surface area contributed by atoms with Gasteiger partial charge in [0.2, 0.25) is 0 Å². The molecule has 0 aliphatic carbocycles. The van der Waals surface area contributed by atoms with E-state index in [0.29, 0.717) is 52.0 Å². The minimum atomic E-state index is -2.68. The molecule has 8 nitrogen and oxygen atoms in total. The fourth-order valence-electron chi connectivity index (χ4n) is 3.78. The van der Waals surface area contributed by atoms with Gasteiger partial charge in [-0.1, -0.05) is 12.1 Å². The number of nitrogens with one attached hydrogen (secondary N) is 2. The van der Waals surface area contributed by atoms with E-state index >= 15 is 0 Å². The number of hydrogen-bond donors (Lipinski definition) is 2. The number of hydrogen-bond acceptors (Lipinski definition) is 6. The van der Waals surface area contributed by atoms with Crippen molar-refractivity contribution in [3.63, 3.8) is 0 Å². The number of carbonyl (C=O) groups is 1. The molecule has 0 saturated heterocycles. The SMILES string of the molecule is Cc1sc(-c2cn[nH]c2C(=O)NC2CCn3nc(-c4cccc(F)c4)nc3C2)nc1C(F)F. The second kappa shape index (κ2) is 8.43. The third kappa shape index (κ3) is 4.13. The molecule has 1 aliphatic rings. The number of H-pyrrole nitrogens is 1. The summed E-state index contributed by atoms with van der Waals surface area (Å²) in [5.41, 5.74) is 0.835. The van der Waals surface area contributed by atoms with Gasteiger partial charge in [0.25, 0.3) is 12.3 Å². The molecule has 0 radical (unpaired) electrons. The summed E-state index contributed by atoms with van der Waals surface area (Å²) < 4.78 is 41.5. The van der Waals surface area contributed by atoms with Gasteiger partial charge in [-0.3, -0.25) is 9.89 Å². The molecule has 0 fully saturated rings. The zero-order valence-corrected chi connectivity index (χ0v) is 18.2. The predicted octanol–water partition coefficient (Wildman–Crippen LogP) is 3.92. The topological polar surface area (TPSA) is 101 Å². The van der Waals surface area contributed by atoms with Gasteiger partial charge in [-0.2, -0.15) is 10.2 Å². The number of alkyl halides is 2. The highest BCUT2D eigenvalue weighted by Crippen LogP contribution is 2.33. The van der Waals surface area contributed by atoms with Crippen molar-refractivity contribution in [1.29, 1.82) is 0 Å². The lowest BCUT2D eigenvalue weighted by molar-refractivity contribution is 0.0925. The second-order valence-corrected chi connectivity index (χ2v) is 8.87. The van der Waals surface area contributed by atoms with Crippen LogP contribution >= 0.6 is 11.3 Å². The largest absolute Gasteiger partial charge is 0.347 e. The van der Waals surface area contributed by atoms with Gasteiger partial charge in [-0.15, -0.1) is 11.3 Å². The number of carbonyl (C=O) groups excluding carboxylic acids is 1. The normalized spacial score (nSPS) is 15.6. The van der Waals surface area contributed by atoms with E-state index in [0.717, 1.165) is 11.3 Å². The molecule has 4 aromatic rings. The molecule has 1 aliphatic heterocycles. The Bertz CT molecular complexity index is 1330. The number of benzene rings is 1. The average Bonchev–Trinajstić information content (AvgIpc) is 3.51. The van der Waals surface area contributed by atoms with E-state index in [2.05, 4.69) is 30.6 Å². The zero-order valence-electron chi connectivity index (χ0n) is 17.3. The number of amides is 1. The number of rotatable bonds is 5. The number of aromatic amines is 1. The Kier molecular flexibility index (Phi) is 5.44. The van der Waals surface area contributed by atoms with Crippen LogP contribution in [0.4, 0.5) is 13.2 Å². The maximum atomic E-state index is 13.5. The van der Waals surface area contributed by atoms with Gasteiger partial charge in [-0.05, 0) is 25.5 Å². The number of nitrogens with zero attached hydrogens (tertiary/aromatic N) is 5. The van der Waals surface area contributed by atoms with Crippen LogP contribution in [0.15, 0.2) is 30.5 Å². The minimum Gasteiger partial charge on any atom is -0.347 e. The molecule has 170 valence electrons. The van der Waals surface area contributed by atoms with Crippen LogP contribution in [0.5, 0.6) is 0 Å². The van der Waals surface area contributed by atoms with E-state index in [4.69, 9.17) is 0 Å². The van der Waals surface area contributed by atoms with Crippen LogP contribution in [0.3, 0.4) is 0 Å². The van der Waals surface area contributed by atoms with Crippen molar-refractivity contribution in [2.45, 2.75) is 38.8 Å². The summed E-state index contributed by atoms with van der Waals surface area (Å²) in [6.07, 6.45) is -0.203. The molecule has 1 amide bonds. The van der Waals surface area contributed by atoms with Crippen molar-refractivity contribution in [3.8, 4) is 22.0 Å².